The van der Waals surface area contributed by atoms with Gasteiger partial charge < -0.3 is 4.79 Å². The van der Waals surface area contributed by atoms with Crippen LogP contribution in [0.4, 0.5) is 0 Å². The zero-order valence-corrected chi connectivity index (χ0v) is 8.51. The SMILES string of the molecule is CC(C)c1cc(Cl)ncc1CC=O. The van der Waals surface area contributed by atoms with Crippen LogP contribution in [0.1, 0.15) is 30.9 Å². The summed E-state index contributed by atoms with van der Waals surface area (Å²) in [4.78, 5) is 14.3. The molecule has 1 aromatic heterocycles. The standard InChI is InChI=1S/C10H12ClNO/c1-7(2)9-5-10(11)12-6-8(9)3-4-13/h4-7H,3H2,1-2H3. The van der Waals surface area contributed by atoms with Gasteiger partial charge in [0.2, 0.25) is 0 Å². The molecule has 70 valence electrons. The molecule has 1 aromatic rings. The third-order valence-electron chi connectivity index (χ3n) is 1.91. The van der Waals surface area contributed by atoms with Crippen molar-refractivity contribution in [1.82, 2.24) is 4.98 Å². The Kier molecular flexibility index (Phi) is 3.43. The monoisotopic (exact) mass is 197 g/mol. The van der Waals surface area contributed by atoms with Gasteiger partial charge in [0.15, 0.2) is 0 Å². The maximum Gasteiger partial charge on any atom is 0.129 e. The van der Waals surface area contributed by atoms with Crippen molar-refractivity contribution in [2.75, 3.05) is 0 Å². The van der Waals surface area contributed by atoms with Crippen molar-refractivity contribution in [2.45, 2.75) is 26.2 Å². The van der Waals surface area contributed by atoms with Crippen LogP contribution in [0.5, 0.6) is 0 Å². The van der Waals surface area contributed by atoms with Crippen LogP contribution in [0, 0.1) is 0 Å². The molecule has 0 N–H and O–H groups in total. The third-order valence-corrected chi connectivity index (χ3v) is 2.12. The molecule has 0 saturated carbocycles. The van der Waals surface area contributed by atoms with Crippen molar-refractivity contribution < 1.29 is 4.79 Å². The van der Waals surface area contributed by atoms with Gasteiger partial charge in [-0.2, -0.15) is 0 Å². The minimum absolute atomic E-state index is 0.371. The second-order valence-corrected chi connectivity index (χ2v) is 3.62. The molecule has 0 aliphatic rings. The lowest BCUT2D eigenvalue weighted by Gasteiger charge is -2.10. The fourth-order valence-electron chi connectivity index (χ4n) is 1.27. The summed E-state index contributed by atoms with van der Waals surface area (Å²) in [6.07, 6.45) is 2.97. The molecule has 3 heteroatoms. The summed E-state index contributed by atoms with van der Waals surface area (Å²) in [5, 5.41) is 0.485. The van der Waals surface area contributed by atoms with E-state index in [2.05, 4.69) is 18.8 Å². The third kappa shape index (κ3) is 2.52. The Balaban J connectivity index is 3.10. The van der Waals surface area contributed by atoms with Crippen LogP contribution in [0.25, 0.3) is 0 Å². The molecule has 2 nitrogen and oxygen atoms in total. The van der Waals surface area contributed by atoms with E-state index in [-0.39, 0.29) is 0 Å². The highest BCUT2D eigenvalue weighted by molar-refractivity contribution is 6.29. The first-order chi connectivity index (χ1) is 6.15. The Labute approximate surface area is 82.9 Å². The van der Waals surface area contributed by atoms with E-state index < -0.39 is 0 Å². The second kappa shape index (κ2) is 4.38. The van der Waals surface area contributed by atoms with Gasteiger partial charge in [-0.3, -0.25) is 0 Å². The molecule has 0 spiro atoms. The minimum atomic E-state index is 0.371. The average molecular weight is 198 g/mol. The van der Waals surface area contributed by atoms with E-state index in [4.69, 9.17) is 11.6 Å². The summed E-state index contributed by atoms with van der Waals surface area (Å²) in [7, 11) is 0. The lowest BCUT2D eigenvalue weighted by Crippen LogP contribution is -1.98. The molecule has 0 aliphatic carbocycles. The number of halogens is 1. The molecule has 0 aromatic carbocycles. The molecular weight excluding hydrogens is 186 g/mol. The van der Waals surface area contributed by atoms with Gasteiger partial charge in [-0.15, -0.1) is 0 Å². The molecule has 0 bridgehead atoms. The van der Waals surface area contributed by atoms with Gasteiger partial charge in [0.1, 0.15) is 11.4 Å². The molecule has 0 aliphatic heterocycles. The molecule has 1 rings (SSSR count). The first kappa shape index (κ1) is 10.2. The van der Waals surface area contributed by atoms with Crippen LogP contribution in [0.15, 0.2) is 12.3 Å². The summed E-state index contributed by atoms with van der Waals surface area (Å²) < 4.78 is 0. The van der Waals surface area contributed by atoms with Gasteiger partial charge in [-0.1, -0.05) is 25.4 Å². The Bertz CT molecular complexity index is 310. The Morgan fingerprint density at radius 1 is 1.62 bits per heavy atom. The van der Waals surface area contributed by atoms with Crippen LogP contribution < -0.4 is 0 Å². The van der Waals surface area contributed by atoms with E-state index in [1.165, 1.54) is 0 Å². The van der Waals surface area contributed by atoms with E-state index in [0.29, 0.717) is 17.5 Å². The summed E-state index contributed by atoms with van der Waals surface area (Å²) in [6, 6.07) is 1.82. The van der Waals surface area contributed by atoms with Crippen LogP contribution in [-0.2, 0) is 11.2 Å². The molecule has 13 heavy (non-hydrogen) atoms. The van der Waals surface area contributed by atoms with Crippen molar-refractivity contribution in [3.05, 3.63) is 28.5 Å². The quantitative estimate of drug-likeness (QED) is 0.551. The van der Waals surface area contributed by atoms with E-state index in [9.17, 15) is 4.79 Å². The number of aromatic nitrogens is 1. The maximum absolute atomic E-state index is 10.4. The lowest BCUT2D eigenvalue weighted by molar-refractivity contribution is -0.107. The highest BCUT2D eigenvalue weighted by Crippen LogP contribution is 2.21. The van der Waals surface area contributed by atoms with Gasteiger partial charge in [0, 0.05) is 12.6 Å². The predicted octanol–water partition coefficient (Wildman–Crippen LogP) is 2.60. The number of carbonyl (C=O) groups is 1. The Morgan fingerprint density at radius 2 is 2.31 bits per heavy atom. The van der Waals surface area contributed by atoms with Crippen LogP contribution in [0.3, 0.4) is 0 Å². The molecule has 0 unspecified atom stereocenters. The van der Waals surface area contributed by atoms with Crippen molar-refractivity contribution in [3.63, 3.8) is 0 Å². The zero-order valence-electron chi connectivity index (χ0n) is 7.75. The smallest absolute Gasteiger partial charge is 0.129 e. The number of pyridine rings is 1. The molecular formula is C10H12ClNO. The van der Waals surface area contributed by atoms with Crippen LogP contribution in [-0.4, -0.2) is 11.3 Å². The summed E-state index contributed by atoms with van der Waals surface area (Å²) in [6.45, 7) is 4.14. The largest absolute Gasteiger partial charge is 0.303 e. The zero-order chi connectivity index (χ0) is 9.84. The highest BCUT2D eigenvalue weighted by Gasteiger charge is 2.07. The molecule has 0 saturated heterocycles. The number of rotatable bonds is 3. The Hall–Kier alpha value is -0.890. The van der Waals surface area contributed by atoms with Crippen molar-refractivity contribution in [1.29, 1.82) is 0 Å². The van der Waals surface area contributed by atoms with Gasteiger partial charge in [0.25, 0.3) is 0 Å². The van der Waals surface area contributed by atoms with Crippen LogP contribution in [0.2, 0.25) is 5.15 Å². The summed E-state index contributed by atoms with van der Waals surface area (Å²) in [5.41, 5.74) is 2.07. The molecule has 0 atom stereocenters. The highest BCUT2D eigenvalue weighted by atomic mass is 35.5. The first-order valence-corrected chi connectivity index (χ1v) is 4.61. The van der Waals surface area contributed by atoms with E-state index in [0.717, 1.165) is 17.4 Å². The predicted molar refractivity (Wildman–Crippen MR) is 53.1 cm³/mol. The number of carbonyl (C=O) groups excluding carboxylic acids is 1. The summed E-state index contributed by atoms with van der Waals surface area (Å²) in [5.74, 6) is 0.371. The van der Waals surface area contributed by atoms with Gasteiger partial charge in [0.05, 0.1) is 0 Å². The Morgan fingerprint density at radius 3 is 2.85 bits per heavy atom. The first-order valence-electron chi connectivity index (χ1n) is 4.23. The van der Waals surface area contributed by atoms with Gasteiger partial charge in [-0.25, -0.2) is 4.98 Å². The number of hydrogen-bond donors (Lipinski definition) is 0. The van der Waals surface area contributed by atoms with Gasteiger partial charge >= 0.3 is 0 Å². The maximum atomic E-state index is 10.4. The molecule has 0 amide bonds. The average Bonchev–Trinajstić information content (AvgIpc) is 2.08. The van der Waals surface area contributed by atoms with Gasteiger partial charge in [-0.05, 0) is 23.1 Å². The number of nitrogens with zero attached hydrogens (tertiary/aromatic N) is 1. The molecule has 1 heterocycles. The second-order valence-electron chi connectivity index (χ2n) is 3.23. The number of hydrogen-bond acceptors (Lipinski definition) is 2. The fourth-order valence-corrected chi connectivity index (χ4v) is 1.44. The minimum Gasteiger partial charge on any atom is -0.303 e. The van der Waals surface area contributed by atoms with E-state index >= 15 is 0 Å². The number of aldehydes is 1. The fraction of sp³-hybridized carbons (Fsp3) is 0.400. The van der Waals surface area contributed by atoms with E-state index in [1.807, 2.05) is 6.07 Å². The van der Waals surface area contributed by atoms with Crippen LogP contribution >= 0.6 is 11.6 Å². The van der Waals surface area contributed by atoms with Crippen molar-refractivity contribution in [2.24, 2.45) is 0 Å². The molecule has 0 fully saturated rings. The van der Waals surface area contributed by atoms with Crippen molar-refractivity contribution >= 4 is 17.9 Å². The van der Waals surface area contributed by atoms with E-state index in [1.54, 1.807) is 6.20 Å². The normalized spacial score (nSPS) is 10.5. The topological polar surface area (TPSA) is 30.0 Å². The van der Waals surface area contributed by atoms with Crippen molar-refractivity contribution in [3.8, 4) is 0 Å². The molecule has 0 radical (unpaired) electrons. The lowest BCUT2D eigenvalue weighted by atomic mass is 9.98. The summed E-state index contributed by atoms with van der Waals surface area (Å²) >= 11 is 5.76.